The van der Waals surface area contributed by atoms with Crippen molar-refractivity contribution in [2.75, 3.05) is 6.54 Å². The molecule has 0 aromatic heterocycles. The first-order valence-electron chi connectivity index (χ1n) is 6.85. The lowest BCUT2D eigenvalue weighted by Gasteiger charge is -2.14. The minimum absolute atomic E-state index is 0.342. The molecular formula is C15H21NO2. The highest BCUT2D eigenvalue weighted by Gasteiger charge is 2.13. The van der Waals surface area contributed by atoms with Gasteiger partial charge in [0.15, 0.2) is 0 Å². The summed E-state index contributed by atoms with van der Waals surface area (Å²) in [5.74, 6) is 1.21. The van der Waals surface area contributed by atoms with E-state index >= 15 is 0 Å². The third-order valence-corrected chi connectivity index (χ3v) is 3.46. The Balaban J connectivity index is 1.71. The fourth-order valence-electron chi connectivity index (χ4n) is 2.43. The number of para-hydroxylation sites is 1. The van der Waals surface area contributed by atoms with Crippen LogP contribution in [-0.4, -0.2) is 12.6 Å². The van der Waals surface area contributed by atoms with Gasteiger partial charge in [-0.15, -0.1) is 0 Å². The molecule has 0 atom stereocenters. The van der Waals surface area contributed by atoms with E-state index in [0.29, 0.717) is 11.7 Å². The van der Waals surface area contributed by atoms with Gasteiger partial charge < -0.3 is 10.1 Å². The lowest BCUT2D eigenvalue weighted by atomic mass is 10.0. The molecule has 0 saturated heterocycles. The van der Waals surface area contributed by atoms with E-state index in [1.807, 2.05) is 18.2 Å². The zero-order valence-electron chi connectivity index (χ0n) is 10.7. The standard InChI is InChI=1S/C15H21NO2/c17-15(18-14-10-6-3-7-11-14)16-12-13-8-4-1-2-5-9-13/h3,6-7,10-11,13H,1-2,4-5,8-9,12H2,(H,16,17). The van der Waals surface area contributed by atoms with Crippen LogP contribution >= 0.6 is 0 Å². The topological polar surface area (TPSA) is 38.3 Å². The van der Waals surface area contributed by atoms with Crippen LogP contribution in [0.25, 0.3) is 0 Å². The second-order valence-electron chi connectivity index (χ2n) is 4.94. The van der Waals surface area contributed by atoms with E-state index in [9.17, 15) is 4.79 Å². The Morgan fingerprint density at radius 1 is 1.11 bits per heavy atom. The number of amides is 1. The maximum Gasteiger partial charge on any atom is 0.412 e. The quantitative estimate of drug-likeness (QED) is 0.826. The van der Waals surface area contributed by atoms with E-state index in [4.69, 9.17) is 4.74 Å². The Kier molecular flexibility index (Phi) is 5.06. The van der Waals surface area contributed by atoms with Gasteiger partial charge in [0.25, 0.3) is 0 Å². The second-order valence-corrected chi connectivity index (χ2v) is 4.94. The number of rotatable bonds is 3. The molecule has 1 saturated carbocycles. The van der Waals surface area contributed by atoms with Gasteiger partial charge in [-0.3, -0.25) is 0 Å². The van der Waals surface area contributed by atoms with Gasteiger partial charge in [-0.25, -0.2) is 4.79 Å². The van der Waals surface area contributed by atoms with Crippen LogP contribution in [0.4, 0.5) is 4.79 Å². The van der Waals surface area contributed by atoms with E-state index in [1.165, 1.54) is 38.5 Å². The Morgan fingerprint density at radius 3 is 2.44 bits per heavy atom. The molecule has 0 spiro atoms. The number of ether oxygens (including phenoxy) is 1. The van der Waals surface area contributed by atoms with Crippen molar-refractivity contribution in [1.82, 2.24) is 5.32 Å². The van der Waals surface area contributed by atoms with Gasteiger partial charge in [-0.2, -0.15) is 0 Å². The van der Waals surface area contributed by atoms with Crippen LogP contribution in [0.1, 0.15) is 38.5 Å². The monoisotopic (exact) mass is 247 g/mol. The van der Waals surface area contributed by atoms with Gasteiger partial charge in [-0.1, -0.05) is 43.9 Å². The first-order valence-corrected chi connectivity index (χ1v) is 6.85. The van der Waals surface area contributed by atoms with Crippen LogP contribution < -0.4 is 10.1 Å². The SMILES string of the molecule is O=C(NCC1CCCCCC1)Oc1ccccc1. The molecule has 3 nitrogen and oxygen atoms in total. The molecule has 3 heteroatoms. The molecule has 0 heterocycles. The average Bonchev–Trinajstić information content (AvgIpc) is 2.66. The highest BCUT2D eigenvalue weighted by molar-refractivity contribution is 5.70. The molecule has 1 amide bonds. The molecule has 1 aromatic carbocycles. The van der Waals surface area contributed by atoms with E-state index in [0.717, 1.165) is 6.54 Å². The fraction of sp³-hybridized carbons (Fsp3) is 0.533. The van der Waals surface area contributed by atoms with Crippen molar-refractivity contribution in [1.29, 1.82) is 0 Å². The van der Waals surface area contributed by atoms with Crippen molar-refractivity contribution < 1.29 is 9.53 Å². The number of benzene rings is 1. The van der Waals surface area contributed by atoms with Crippen molar-refractivity contribution in [2.45, 2.75) is 38.5 Å². The highest BCUT2D eigenvalue weighted by atomic mass is 16.5. The maximum atomic E-state index is 11.6. The molecule has 1 aromatic rings. The number of hydrogen-bond acceptors (Lipinski definition) is 2. The summed E-state index contributed by atoms with van der Waals surface area (Å²) >= 11 is 0. The molecule has 98 valence electrons. The highest BCUT2D eigenvalue weighted by Crippen LogP contribution is 2.22. The number of carbonyl (C=O) groups is 1. The molecule has 1 aliphatic carbocycles. The lowest BCUT2D eigenvalue weighted by molar-refractivity contribution is 0.197. The summed E-state index contributed by atoms with van der Waals surface area (Å²) in [6.07, 6.45) is 7.37. The van der Waals surface area contributed by atoms with E-state index in [2.05, 4.69) is 5.32 Å². The van der Waals surface area contributed by atoms with Gasteiger partial charge in [0.2, 0.25) is 0 Å². The van der Waals surface area contributed by atoms with Crippen LogP contribution in [0, 0.1) is 5.92 Å². The zero-order chi connectivity index (χ0) is 12.6. The molecule has 0 aliphatic heterocycles. The largest absolute Gasteiger partial charge is 0.412 e. The van der Waals surface area contributed by atoms with E-state index in [-0.39, 0.29) is 6.09 Å². The smallest absolute Gasteiger partial charge is 0.410 e. The summed E-state index contributed by atoms with van der Waals surface area (Å²) < 4.78 is 5.19. The van der Waals surface area contributed by atoms with E-state index < -0.39 is 0 Å². The van der Waals surface area contributed by atoms with E-state index in [1.54, 1.807) is 12.1 Å². The summed E-state index contributed by atoms with van der Waals surface area (Å²) in [6.45, 7) is 0.742. The molecule has 1 aliphatic rings. The molecule has 1 fully saturated rings. The van der Waals surface area contributed by atoms with Gasteiger partial charge in [0, 0.05) is 6.54 Å². The first kappa shape index (κ1) is 12.9. The molecule has 2 rings (SSSR count). The average molecular weight is 247 g/mol. The summed E-state index contributed by atoms with van der Waals surface area (Å²) in [7, 11) is 0. The Morgan fingerprint density at radius 2 is 1.78 bits per heavy atom. The molecular weight excluding hydrogens is 226 g/mol. The molecule has 18 heavy (non-hydrogen) atoms. The minimum atomic E-state index is -0.342. The number of nitrogens with one attached hydrogen (secondary N) is 1. The molecule has 0 bridgehead atoms. The van der Waals surface area contributed by atoms with Gasteiger partial charge in [0.1, 0.15) is 5.75 Å². The van der Waals surface area contributed by atoms with Crippen LogP contribution in [0.2, 0.25) is 0 Å². The third-order valence-electron chi connectivity index (χ3n) is 3.46. The second kappa shape index (κ2) is 7.04. The van der Waals surface area contributed by atoms with Crippen molar-refractivity contribution in [2.24, 2.45) is 5.92 Å². The molecule has 0 unspecified atom stereocenters. The Hall–Kier alpha value is -1.51. The summed E-state index contributed by atoms with van der Waals surface area (Å²) in [4.78, 5) is 11.6. The lowest BCUT2D eigenvalue weighted by Crippen LogP contribution is -2.31. The van der Waals surface area contributed by atoms with Crippen LogP contribution in [0.3, 0.4) is 0 Å². The first-order chi connectivity index (χ1) is 8.84. The van der Waals surface area contributed by atoms with Crippen molar-refractivity contribution >= 4 is 6.09 Å². The summed E-state index contributed by atoms with van der Waals surface area (Å²) in [5.41, 5.74) is 0. The normalized spacial score (nSPS) is 16.9. The van der Waals surface area contributed by atoms with Gasteiger partial charge >= 0.3 is 6.09 Å². The molecule has 1 N–H and O–H groups in total. The maximum absolute atomic E-state index is 11.6. The number of carbonyl (C=O) groups excluding carboxylic acids is 1. The van der Waals surface area contributed by atoms with Crippen LogP contribution in [0.15, 0.2) is 30.3 Å². The molecule has 0 radical (unpaired) electrons. The van der Waals surface area contributed by atoms with Gasteiger partial charge in [-0.05, 0) is 30.9 Å². The third kappa shape index (κ3) is 4.40. The predicted molar refractivity (Wildman–Crippen MR) is 71.7 cm³/mol. The van der Waals surface area contributed by atoms with Crippen molar-refractivity contribution in [3.63, 3.8) is 0 Å². The van der Waals surface area contributed by atoms with Crippen molar-refractivity contribution in [3.05, 3.63) is 30.3 Å². The Labute approximate surface area is 109 Å². The minimum Gasteiger partial charge on any atom is -0.410 e. The zero-order valence-corrected chi connectivity index (χ0v) is 10.7. The van der Waals surface area contributed by atoms with Crippen LogP contribution in [0.5, 0.6) is 5.75 Å². The van der Waals surface area contributed by atoms with Crippen LogP contribution in [-0.2, 0) is 0 Å². The summed E-state index contributed by atoms with van der Waals surface area (Å²) in [5, 5.41) is 2.87. The fourth-order valence-corrected chi connectivity index (χ4v) is 2.43. The Bertz CT molecular complexity index is 356. The number of hydrogen-bond donors (Lipinski definition) is 1. The predicted octanol–water partition coefficient (Wildman–Crippen LogP) is 3.75. The summed E-state index contributed by atoms with van der Waals surface area (Å²) in [6, 6.07) is 9.18. The van der Waals surface area contributed by atoms with Gasteiger partial charge in [0.05, 0.1) is 0 Å². The van der Waals surface area contributed by atoms with Crippen molar-refractivity contribution in [3.8, 4) is 5.75 Å².